The topological polar surface area (TPSA) is 48.9 Å². The van der Waals surface area contributed by atoms with Crippen LogP contribution in [-0.2, 0) is 6.54 Å². The molecule has 4 bridgehead atoms. The predicted molar refractivity (Wildman–Crippen MR) is 179 cm³/mol. The number of piperazine rings is 1. The van der Waals surface area contributed by atoms with Crippen LogP contribution in [-0.4, -0.2) is 67.1 Å². The van der Waals surface area contributed by atoms with Crippen LogP contribution in [0.1, 0.15) is 72.5 Å². The molecule has 5 aliphatic rings. The van der Waals surface area contributed by atoms with E-state index in [2.05, 4.69) is 63.0 Å². The Morgan fingerprint density at radius 2 is 1.62 bits per heavy atom. The Bertz CT molecular complexity index is 1530. The summed E-state index contributed by atoms with van der Waals surface area (Å²) in [5.74, 6) is 10.3. The Morgan fingerprint density at radius 3 is 2.31 bits per heavy atom. The van der Waals surface area contributed by atoms with E-state index in [1.165, 1.54) is 49.8 Å². The molecule has 1 amide bonds. The van der Waals surface area contributed by atoms with Crippen molar-refractivity contribution in [1.29, 1.82) is 0 Å². The average molecular weight is 603 g/mol. The molecule has 3 aromatic rings. The highest BCUT2D eigenvalue weighted by molar-refractivity contribution is 5.94. The second-order valence-electron chi connectivity index (χ2n) is 14.1. The zero-order valence-corrected chi connectivity index (χ0v) is 26.9. The molecule has 45 heavy (non-hydrogen) atoms. The molecule has 6 heteroatoms. The van der Waals surface area contributed by atoms with Crippen molar-refractivity contribution in [3.05, 3.63) is 89.2 Å². The van der Waals surface area contributed by atoms with Crippen molar-refractivity contribution in [2.24, 2.45) is 23.2 Å². The van der Waals surface area contributed by atoms with Gasteiger partial charge in [-0.2, -0.15) is 0 Å². The molecule has 2 heterocycles. The number of rotatable bonds is 8. The summed E-state index contributed by atoms with van der Waals surface area (Å²) in [5, 5.41) is 0. The molecule has 0 radical (unpaired) electrons. The number of anilines is 1. The molecule has 0 spiro atoms. The Labute approximate surface area is 268 Å². The zero-order valence-electron chi connectivity index (χ0n) is 26.9. The first-order valence-electron chi connectivity index (χ1n) is 17.0. The summed E-state index contributed by atoms with van der Waals surface area (Å²) < 4.78 is 5.57. The van der Waals surface area contributed by atoms with E-state index < -0.39 is 0 Å². The van der Waals surface area contributed by atoms with Crippen LogP contribution in [0, 0.1) is 35.0 Å². The predicted octanol–water partition coefficient (Wildman–Crippen LogP) is 6.49. The Morgan fingerprint density at radius 1 is 0.933 bits per heavy atom. The van der Waals surface area contributed by atoms with E-state index in [1.54, 1.807) is 12.4 Å². The van der Waals surface area contributed by atoms with Crippen LogP contribution in [0.15, 0.2) is 67.0 Å². The Balaban J connectivity index is 0.928. The SMILES string of the molecule is CCOc1cncc(C#Cc2ccccc2CN2CCN(c3ccc(C(=O)N(C)CC45CC6CC(CC(C6)C4)C5)cc3)CC2)c1. The van der Waals surface area contributed by atoms with Crippen molar-refractivity contribution >= 4 is 11.6 Å². The summed E-state index contributed by atoms with van der Waals surface area (Å²) in [6.07, 6.45) is 11.8. The molecule has 8 rings (SSSR count). The maximum absolute atomic E-state index is 13.5. The van der Waals surface area contributed by atoms with Gasteiger partial charge in [-0.15, -0.1) is 0 Å². The van der Waals surface area contributed by atoms with E-state index in [0.717, 1.165) is 79.5 Å². The van der Waals surface area contributed by atoms with Crippen LogP contribution in [0.2, 0.25) is 0 Å². The minimum absolute atomic E-state index is 0.169. The van der Waals surface area contributed by atoms with Gasteiger partial charge in [-0.3, -0.25) is 14.7 Å². The van der Waals surface area contributed by atoms with Crippen molar-refractivity contribution in [3.63, 3.8) is 0 Å². The van der Waals surface area contributed by atoms with Gasteiger partial charge in [0, 0.05) is 74.9 Å². The Hall–Kier alpha value is -3.82. The molecule has 0 unspecified atom stereocenters. The fraction of sp³-hybridized carbons (Fsp3) is 0.487. The number of ether oxygens (including phenoxy) is 1. The molecule has 5 fully saturated rings. The number of aromatic nitrogens is 1. The number of benzene rings is 2. The summed E-state index contributed by atoms with van der Waals surface area (Å²) in [4.78, 5) is 24.7. The number of hydrogen-bond acceptors (Lipinski definition) is 5. The van der Waals surface area contributed by atoms with E-state index in [0.29, 0.717) is 12.0 Å². The molecule has 1 aliphatic heterocycles. The number of carbonyl (C=O) groups is 1. The lowest BCUT2D eigenvalue weighted by atomic mass is 9.49. The van der Waals surface area contributed by atoms with Gasteiger partial charge >= 0.3 is 0 Å². The summed E-state index contributed by atoms with van der Waals surface area (Å²) in [5.41, 5.74) is 5.53. The third-order valence-corrected chi connectivity index (χ3v) is 10.7. The zero-order chi connectivity index (χ0) is 30.8. The summed E-state index contributed by atoms with van der Waals surface area (Å²) >= 11 is 0. The van der Waals surface area contributed by atoms with Crippen LogP contribution < -0.4 is 9.64 Å². The van der Waals surface area contributed by atoms with Crippen molar-refractivity contribution in [3.8, 4) is 17.6 Å². The van der Waals surface area contributed by atoms with Crippen LogP contribution in [0.3, 0.4) is 0 Å². The fourth-order valence-corrected chi connectivity index (χ4v) is 9.15. The highest BCUT2D eigenvalue weighted by Crippen LogP contribution is 2.60. The minimum atomic E-state index is 0.169. The molecule has 234 valence electrons. The van der Waals surface area contributed by atoms with Gasteiger partial charge in [0.2, 0.25) is 0 Å². The van der Waals surface area contributed by atoms with Gasteiger partial charge in [0.15, 0.2) is 0 Å². The Kier molecular flexibility index (Phi) is 8.55. The molecule has 6 nitrogen and oxygen atoms in total. The molecule has 0 N–H and O–H groups in total. The van der Waals surface area contributed by atoms with Gasteiger partial charge < -0.3 is 14.5 Å². The molecule has 4 aliphatic carbocycles. The molecule has 1 saturated heterocycles. The fourth-order valence-electron chi connectivity index (χ4n) is 9.15. The van der Waals surface area contributed by atoms with Gasteiger partial charge in [-0.05, 0) is 111 Å². The number of nitrogens with zero attached hydrogens (tertiary/aromatic N) is 4. The summed E-state index contributed by atoms with van der Waals surface area (Å²) in [6, 6.07) is 18.7. The average Bonchev–Trinajstić information content (AvgIpc) is 3.04. The van der Waals surface area contributed by atoms with Gasteiger partial charge in [-0.1, -0.05) is 30.0 Å². The van der Waals surface area contributed by atoms with E-state index in [4.69, 9.17) is 4.74 Å². The van der Waals surface area contributed by atoms with E-state index in [1.807, 2.05) is 37.1 Å². The number of carbonyl (C=O) groups excluding carboxylic acids is 1. The first kappa shape index (κ1) is 29.9. The monoisotopic (exact) mass is 602 g/mol. The number of hydrogen-bond donors (Lipinski definition) is 0. The molecule has 2 aromatic carbocycles. The smallest absolute Gasteiger partial charge is 0.253 e. The quantitative estimate of drug-likeness (QED) is 0.276. The second kappa shape index (κ2) is 12.9. The van der Waals surface area contributed by atoms with Gasteiger partial charge in [0.05, 0.1) is 12.8 Å². The summed E-state index contributed by atoms with van der Waals surface area (Å²) in [7, 11) is 2.02. The van der Waals surface area contributed by atoms with Crippen molar-refractivity contribution in [1.82, 2.24) is 14.8 Å². The maximum Gasteiger partial charge on any atom is 0.253 e. The van der Waals surface area contributed by atoms with E-state index in [9.17, 15) is 4.79 Å². The first-order chi connectivity index (χ1) is 21.9. The normalized spacial score (nSPS) is 25.5. The first-order valence-corrected chi connectivity index (χ1v) is 17.0. The van der Waals surface area contributed by atoms with Gasteiger partial charge in [0.25, 0.3) is 5.91 Å². The molecule has 1 aromatic heterocycles. The van der Waals surface area contributed by atoms with Crippen LogP contribution >= 0.6 is 0 Å². The van der Waals surface area contributed by atoms with Crippen LogP contribution in [0.25, 0.3) is 0 Å². The standard InChI is InChI=1S/C39H46N4O2/c1-3-45-37-21-29(25-40-26-37)8-9-33-6-4-5-7-35(33)27-42-14-16-43(17-15-42)36-12-10-34(11-13-36)38(44)41(2)28-39-22-30-18-31(23-39)20-32(19-30)24-39/h4-7,10-13,21,25-26,30-32H,3,14-20,22-24,27-28H2,1-2H3. The molecule has 4 saturated carbocycles. The number of pyridine rings is 1. The van der Waals surface area contributed by atoms with Crippen LogP contribution in [0.4, 0.5) is 5.69 Å². The third-order valence-electron chi connectivity index (χ3n) is 10.7. The highest BCUT2D eigenvalue weighted by Gasteiger charge is 2.51. The van der Waals surface area contributed by atoms with Crippen molar-refractivity contribution in [2.75, 3.05) is 51.3 Å². The summed E-state index contributed by atoms with van der Waals surface area (Å²) in [6.45, 7) is 8.26. The lowest BCUT2D eigenvalue weighted by Crippen LogP contribution is -2.51. The van der Waals surface area contributed by atoms with Crippen molar-refractivity contribution in [2.45, 2.75) is 52.0 Å². The van der Waals surface area contributed by atoms with Gasteiger partial charge in [-0.25, -0.2) is 0 Å². The third kappa shape index (κ3) is 6.75. The van der Waals surface area contributed by atoms with E-state index in [-0.39, 0.29) is 5.91 Å². The maximum atomic E-state index is 13.5. The minimum Gasteiger partial charge on any atom is -0.492 e. The molecule has 0 atom stereocenters. The van der Waals surface area contributed by atoms with Crippen LogP contribution in [0.5, 0.6) is 5.75 Å². The number of amides is 1. The second-order valence-corrected chi connectivity index (χ2v) is 14.1. The lowest BCUT2D eigenvalue weighted by molar-refractivity contribution is -0.0629. The largest absolute Gasteiger partial charge is 0.492 e. The van der Waals surface area contributed by atoms with Crippen molar-refractivity contribution < 1.29 is 9.53 Å². The molecular weight excluding hydrogens is 556 g/mol. The van der Waals surface area contributed by atoms with Gasteiger partial charge in [0.1, 0.15) is 5.75 Å². The highest BCUT2D eigenvalue weighted by atomic mass is 16.5. The van der Waals surface area contributed by atoms with E-state index >= 15 is 0 Å². The molecular formula is C39H46N4O2. The lowest BCUT2D eigenvalue weighted by Gasteiger charge is -2.57.